The van der Waals surface area contributed by atoms with Gasteiger partial charge in [0.15, 0.2) is 0 Å². The molecule has 3 nitrogen and oxygen atoms in total. The van der Waals surface area contributed by atoms with Gasteiger partial charge in [0.1, 0.15) is 11.6 Å². The molecule has 1 aromatic heterocycles. The molecular formula is C16H19BrFN3. The van der Waals surface area contributed by atoms with Gasteiger partial charge in [0.2, 0.25) is 0 Å². The van der Waals surface area contributed by atoms with Gasteiger partial charge in [-0.25, -0.2) is 9.07 Å². The fourth-order valence-corrected chi connectivity index (χ4v) is 3.74. The molecule has 0 bridgehead atoms. The van der Waals surface area contributed by atoms with E-state index in [0.29, 0.717) is 0 Å². The summed E-state index contributed by atoms with van der Waals surface area (Å²) in [6.07, 6.45) is 0.897. The van der Waals surface area contributed by atoms with E-state index < -0.39 is 0 Å². The highest BCUT2D eigenvalue weighted by atomic mass is 79.9. The second kappa shape index (κ2) is 5.13. The Labute approximate surface area is 132 Å². The summed E-state index contributed by atoms with van der Waals surface area (Å²) in [4.78, 5) is 0. The fourth-order valence-electron chi connectivity index (χ4n) is 2.75. The van der Waals surface area contributed by atoms with Gasteiger partial charge in [-0.2, -0.15) is 5.10 Å². The van der Waals surface area contributed by atoms with Crippen LogP contribution in [-0.2, 0) is 5.41 Å². The Morgan fingerprint density at radius 1 is 1.38 bits per heavy atom. The first-order chi connectivity index (χ1) is 9.88. The summed E-state index contributed by atoms with van der Waals surface area (Å²) >= 11 is 3.67. The highest BCUT2D eigenvalue weighted by Gasteiger charge is 2.31. The van der Waals surface area contributed by atoms with Crippen molar-refractivity contribution in [1.29, 1.82) is 0 Å². The summed E-state index contributed by atoms with van der Waals surface area (Å²) < 4.78 is 16.5. The van der Waals surface area contributed by atoms with Crippen LogP contribution < -0.4 is 5.32 Å². The number of anilines is 1. The van der Waals surface area contributed by atoms with E-state index in [1.54, 1.807) is 12.1 Å². The van der Waals surface area contributed by atoms with Crippen molar-refractivity contribution in [2.24, 2.45) is 0 Å². The van der Waals surface area contributed by atoms with Gasteiger partial charge >= 0.3 is 0 Å². The molecular weight excluding hydrogens is 333 g/mol. The van der Waals surface area contributed by atoms with E-state index in [9.17, 15) is 4.39 Å². The lowest BCUT2D eigenvalue weighted by Crippen LogP contribution is -2.24. The van der Waals surface area contributed by atoms with Gasteiger partial charge in [0.05, 0.1) is 16.2 Å². The van der Waals surface area contributed by atoms with Crippen LogP contribution in [0.25, 0.3) is 0 Å². The van der Waals surface area contributed by atoms with Crippen LogP contribution in [0.4, 0.5) is 10.2 Å². The zero-order chi connectivity index (χ0) is 15.2. The molecule has 112 valence electrons. The molecule has 1 atom stereocenters. The molecule has 5 heteroatoms. The molecule has 21 heavy (non-hydrogen) atoms. The Balaban J connectivity index is 2.10. The fraction of sp³-hybridized carbons (Fsp3) is 0.438. The topological polar surface area (TPSA) is 29.9 Å². The zero-order valence-electron chi connectivity index (χ0n) is 12.5. The molecule has 1 aliphatic rings. The average molecular weight is 352 g/mol. The van der Waals surface area contributed by atoms with Crippen molar-refractivity contribution in [2.45, 2.75) is 38.6 Å². The number of nitrogens with one attached hydrogen (secondary N) is 1. The second-order valence-electron chi connectivity index (χ2n) is 6.49. The minimum Gasteiger partial charge on any atom is -0.369 e. The van der Waals surface area contributed by atoms with E-state index in [1.807, 2.05) is 10.7 Å². The van der Waals surface area contributed by atoms with Crippen LogP contribution in [0.2, 0.25) is 0 Å². The average Bonchev–Trinajstić information content (AvgIpc) is 2.76. The molecule has 1 N–H and O–H groups in total. The van der Waals surface area contributed by atoms with Gasteiger partial charge in [-0.15, -0.1) is 0 Å². The standard InChI is InChI=1S/C16H19BrFN3/c1-16(2,3)14-13(17)15-19-8-7-12(21(15)20-14)10-5-4-6-11(18)9-10/h4-6,9,12,19H,7-8H2,1-3H3. The van der Waals surface area contributed by atoms with Gasteiger partial charge in [0.25, 0.3) is 0 Å². The summed E-state index contributed by atoms with van der Waals surface area (Å²) in [5.41, 5.74) is 1.94. The van der Waals surface area contributed by atoms with Crippen molar-refractivity contribution in [3.05, 3.63) is 45.8 Å². The van der Waals surface area contributed by atoms with E-state index in [4.69, 9.17) is 5.10 Å². The molecule has 0 saturated heterocycles. The van der Waals surface area contributed by atoms with Gasteiger partial charge in [-0.3, -0.25) is 0 Å². The summed E-state index contributed by atoms with van der Waals surface area (Å²) in [6, 6.07) is 6.88. The molecule has 0 saturated carbocycles. The van der Waals surface area contributed by atoms with Crippen molar-refractivity contribution in [2.75, 3.05) is 11.9 Å². The van der Waals surface area contributed by atoms with Crippen LogP contribution in [0.3, 0.4) is 0 Å². The Morgan fingerprint density at radius 2 is 2.14 bits per heavy atom. The lowest BCUT2D eigenvalue weighted by atomic mass is 9.92. The van der Waals surface area contributed by atoms with Crippen LogP contribution >= 0.6 is 15.9 Å². The van der Waals surface area contributed by atoms with E-state index >= 15 is 0 Å². The molecule has 3 rings (SSSR count). The van der Waals surface area contributed by atoms with Crippen LogP contribution in [0, 0.1) is 5.82 Å². The molecule has 1 aliphatic heterocycles. The maximum absolute atomic E-state index is 13.5. The van der Waals surface area contributed by atoms with E-state index in [1.165, 1.54) is 6.07 Å². The van der Waals surface area contributed by atoms with E-state index in [2.05, 4.69) is 42.0 Å². The van der Waals surface area contributed by atoms with Crippen LogP contribution in [0.1, 0.15) is 44.5 Å². The van der Waals surface area contributed by atoms with Crippen molar-refractivity contribution in [3.8, 4) is 0 Å². The van der Waals surface area contributed by atoms with Crippen molar-refractivity contribution < 1.29 is 4.39 Å². The van der Waals surface area contributed by atoms with Gasteiger partial charge in [-0.1, -0.05) is 32.9 Å². The van der Waals surface area contributed by atoms with Gasteiger partial charge < -0.3 is 5.32 Å². The summed E-state index contributed by atoms with van der Waals surface area (Å²) in [7, 11) is 0. The molecule has 1 unspecified atom stereocenters. The van der Waals surface area contributed by atoms with Crippen molar-refractivity contribution in [3.63, 3.8) is 0 Å². The SMILES string of the molecule is CC(C)(C)c1nn2c(c1Br)NCCC2c1cccc(F)c1. The van der Waals surface area contributed by atoms with Crippen molar-refractivity contribution in [1.82, 2.24) is 9.78 Å². The first-order valence-electron chi connectivity index (χ1n) is 7.16. The molecule has 0 radical (unpaired) electrons. The Kier molecular flexibility index (Phi) is 3.56. The van der Waals surface area contributed by atoms with Crippen LogP contribution in [0.15, 0.2) is 28.7 Å². The highest BCUT2D eigenvalue weighted by Crippen LogP contribution is 2.39. The van der Waals surface area contributed by atoms with Crippen molar-refractivity contribution >= 4 is 21.7 Å². The number of aromatic nitrogens is 2. The monoisotopic (exact) mass is 351 g/mol. The number of hydrogen-bond donors (Lipinski definition) is 1. The highest BCUT2D eigenvalue weighted by molar-refractivity contribution is 9.10. The predicted molar refractivity (Wildman–Crippen MR) is 86.3 cm³/mol. The maximum atomic E-state index is 13.5. The second-order valence-corrected chi connectivity index (χ2v) is 7.29. The first-order valence-corrected chi connectivity index (χ1v) is 7.95. The number of benzene rings is 1. The lowest BCUT2D eigenvalue weighted by Gasteiger charge is -2.26. The Morgan fingerprint density at radius 3 is 2.81 bits per heavy atom. The number of nitrogens with zero attached hydrogens (tertiary/aromatic N) is 2. The molecule has 1 aromatic carbocycles. The molecule has 2 heterocycles. The molecule has 0 fully saturated rings. The molecule has 0 amide bonds. The zero-order valence-corrected chi connectivity index (χ0v) is 14.0. The third-order valence-electron chi connectivity index (χ3n) is 3.80. The normalized spacial score (nSPS) is 18.2. The van der Waals surface area contributed by atoms with Gasteiger partial charge in [-0.05, 0) is 40.0 Å². The first kappa shape index (κ1) is 14.6. The Hall–Kier alpha value is -1.36. The third kappa shape index (κ3) is 2.59. The van der Waals surface area contributed by atoms with Crippen LogP contribution in [0.5, 0.6) is 0 Å². The van der Waals surface area contributed by atoms with Crippen LogP contribution in [-0.4, -0.2) is 16.3 Å². The number of halogens is 2. The third-order valence-corrected chi connectivity index (χ3v) is 4.55. The minimum atomic E-state index is -0.199. The molecule has 2 aromatic rings. The summed E-state index contributed by atoms with van der Waals surface area (Å²) in [6.45, 7) is 7.28. The summed E-state index contributed by atoms with van der Waals surface area (Å²) in [5, 5.41) is 8.19. The number of fused-ring (bicyclic) bond motifs is 1. The molecule has 0 aliphatic carbocycles. The van der Waals surface area contributed by atoms with Gasteiger partial charge in [0, 0.05) is 12.0 Å². The number of hydrogen-bond acceptors (Lipinski definition) is 2. The smallest absolute Gasteiger partial charge is 0.139 e. The largest absolute Gasteiger partial charge is 0.369 e. The quantitative estimate of drug-likeness (QED) is 0.820. The number of rotatable bonds is 1. The summed E-state index contributed by atoms with van der Waals surface area (Å²) in [5.74, 6) is 0.787. The predicted octanol–water partition coefficient (Wildman–Crippen LogP) is 4.49. The Bertz CT molecular complexity index is 673. The van der Waals surface area contributed by atoms with E-state index in [-0.39, 0.29) is 17.3 Å². The lowest BCUT2D eigenvalue weighted by molar-refractivity contribution is 0.460. The van der Waals surface area contributed by atoms with E-state index in [0.717, 1.165) is 34.5 Å². The maximum Gasteiger partial charge on any atom is 0.139 e. The minimum absolute atomic E-state index is 0.0443. The molecule has 0 spiro atoms.